The first-order valence-electron chi connectivity index (χ1n) is 8.98. The first kappa shape index (κ1) is 18.0. The van der Waals surface area contributed by atoms with E-state index in [-0.39, 0.29) is 11.9 Å². The highest BCUT2D eigenvalue weighted by atomic mass is 16.2. The number of para-hydroxylation sites is 1. The van der Waals surface area contributed by atoms with Gasteiger partial charge in [-0.2, -0.15) is 5.10 Å². The van der Waals surface area contributed by atoms with Gasteiger partial charge in [0.25, 0.3) is 0 Å². The number of carbonyl (C=O) groups excluding carboxylic acids is 2. The molecule has 0 spiro atoms. The largest absolute Gasteiger partial charge is 0.352 e. The number of nitrogens with zero attached hydrogens (tertiary/aromatic N) is 3. The Morgan fingerprint density at radius 3 is 2.73 bits per heavy atom. The second-order valence-electron chi connectivity index (χ2n) is 6.45. The number of hydrogen-bond donors (Lipinski definition) is 2. The zero-order valence-electron chi connectivity index (χ0n) is 15.5. The minimum absolute atomic E-state index is 0.165. The molecular formula is C19H25N5O2. The van der Waals surface area contributed by atoms with Crippen LogP contribution in [0.2, 0.25) is 0 Å². The standard InChI is InChI=1S/C19H25N5O2/c1-4-10-21-19(26)23-12-11-20-18(25)17(23)16-13(2)22-24(14(16)3)15-8-6-5-7-9-15/h5-9,17H,4,10-12H2,1-3H3,(H,20,25)(H,21,26)/t17-/m1/s1. The highest BCUT2D eigenvalue weighted by Gasteiger charge is 2.37. The van der Waals surface area contributed by atoms with E-state index in [9.17, 15) is 9.59 Å². The van der Waals surface area contributed by atoms with Crippen LogP contribution in [0, 0.1) is 13.8 Å². The normalized spacial score (nSPS) is 17.1. The van der Waals surface area contributed by atoms with Gasteiger partial charge < -0.3 is 15.5 Å². The lowest BCUT2D eigenvalue weighted by Gasteiger charge is -2.35. The topological polar surface area (TPSA) is 79.3 Å². The molecule has 2 aromatic rings. The fourth-order valence-corrected chi connectivity index (χ4v) is 3.38. The van der Waals surface area contributed by atoms with E-state index in [1.54, 1.807) is 4.90 Å². The minimum atomic E-state index is -0.668. The number of rotatable bonds is 4. The number of amides is 3. The van der Waals surface area contributed by atoms with Gasteiger partial charge in [0.15, 0.2) is 0 Å². The average Bonchev–Trinajstić information content (AvgIpc) is 2.94. The van der Waals surface area contributed by atoms with Gasteiger partial charge in [-0.15, -0.1) is 0 Å². The van der Waals surface area contributed by atoms with E-state index in [1.165, 1.54) is 0 Å². The maximum Gasteiger partial charge on any atom is 0.318 e. The summed E-state index contributed by atoms with van der Waals surface area (Å²) in [6.07, 6.45) is 0.848. The molecule has 2 heterocycles. The Morgan fingerprint density at radius 1 is 1.31 bits per heavy atom. The summed E-state index contributed by atoms with van der Waals surface area (Å²) < 4.78 is 1.83. The van der Waals surface area contributed by atoms with Crippen molar-refractivity contribution in [3.63, 3.8) is 0 Å². The van der Waals surface area contributed by atoms with Gasteiger partial charge in [-0.25, -0.2) is 9.48 Å². The third-order valence-electron chi connectivity index (χ3n) is 4.62. The second kappa shape index (κ2) is 7.59. The van der Waals surface area contributed by atoms with Crippen molar-refractivity contribution in [1.82, 2.24) is 25.3 Å². The summed E-state index contributed by atoms with van der Waals surface area (Å²) >= 11 is 0. The number of aromatic nitrogens is 2. The number of carbonyl (C=O) groups is 2. The Morgan fingerprint density at radius 2 is 2.04 bits per heavy atom. The number of benzene rings is 1. The van der Waals surface area contributed by atoms with E-state index in [0.717, 1.165) is 29.1 Å². The average molecular weight is 355 g/mol. The van der Waals surface area contributed by atoms with Crippen molar-refractivity contribution in [3.05, 3.63) is 47.3 Å². The summed E-state index contributed by atoms with van der Waals surface area (Å²) in [7, 11) is 0. The molecule has 1 aliphatic rings. The van der Waals surface area contributed by atoms with Crippen LogP contribution in [0.25, 0.3) is 5.69 Å². The van der Waals surface area contributed by atoms with Crippen molar-refractivity contribution in [3.8, 4) is 5.69 Å². The summed E-state index contributed by atoms with van der Waals surface area (Å²) in [6.45, 7) is 7.34. The van der Waals surface area contributed by atoms with Crippen molar-refractivity contribution in [2.24, 2.45) is 0 Å². The van der Waals surface area contributed by atoms with Gasteiger partial charge >= 0.3 is 6.03 Å². The monoisotopic (exact) mass is 355 g/mol. The summed E-state index contributed by atoms with van der Waals surface area (Å²) in [5.41, 5.74) is 3.33. The quantitative estimate of drug-likeness (QED) is 0.881. The molecule has 7 nitrogen and oxygen atoms in total. The molecule has 0 unspecified atom stereocenters. The van der Waals surface area contributed by atoms with E-state index < -0.39 is 6.04 Å². The van der Waals surface area contributed by atoms with Crippen molar-refractivity contribution < 1.29 is 9.59 Å². The van der Waals surface area contributed by atoms with Crippen LogP contribution in [0.5, 0.6) is 0 Å². The summed E-state index contributed by atoms with van der Waals surface area (Å²) in [6, 6.07) is 8.90. The number of urea groups is 1. The van der Waals surface area contributed by atoms with Crippen LogP contribution in [0.4, 0.5) is 4.79 Å². The molecule has 0 saturated carbocycles. The fourth-order valence-electron chi connectivity index (χ4n) is 3.38. The van der Waals surface area contributed by atoms with Crippen LogP contribution in [0.1, 0.15) is 36.3 Å². The number of nitrogens with one attached hydrogen (secondary N) is 2. The maximum absolute atomic E-state index is 12.7. The highest BCUT2D eigenvalue weighted by molar-refractivity contribution is 5.89. The molecule has 26 heavy (non-hydrogen) atoms. The zero-order chi connectivity index (χ0) is 18.7. The number of piperazine rings is 1. The summed E-state index contributed by atoms with van der Waals surface area (Å²) in [5.74, 6) is -0.165. The Bertz CT molecular complexity index is 800. The predicted molar refractivity (Wildman–Crippen MR) is 99.2 cm³/mol. The van der Waals surface area contributed by atoms with Crippen molar-refractivity contribution in [2.75, 3.05) is 19.6 Å². The Labute approximate surface area is 153 Å². The van der Waals surface area contributed by atoms with Crippen LogP contribution in [0.3, 0.4) is 0 Å². The maximum atomic E-state index is 12.7. The highest BCUT2D eigenvalue weighted by Crippen LogP contribution is 2.30. The summed E-state index contributed by atoms with van der Waals surface area (Å²) in [5, 5.41) is 10.4. The Hall–Kier alpha value is -2.83. The first-order chi connectivity index (χ1) is 12.5. The number of hydrogen-bond acceptors (Lipinski definition) is 3. The van der Waals surface area contributed by atoms with Gasteiger partial charge in [0, 0.05) is 30.9 Å². The summed E-state index contributed by atoms with van der Waals surface area (Å²) in [4.78, 5) is 26.9. The number of aryl methyl sites for hydroxylation is 1. The molecule has 1 aromatic carbocycles. The van der Waals surface area contributed by atoms with Crippen LogP contribution >= 0.6 is 0 Å². The van der Waals surface area contributed by atoms with Gasteiger partial charge in [-0.3, -0.25) is 4.79 Å². The van der Waals surface area contributed by atoms with Crippen molar-refractivity contribution in [1.29, 1.82) is 0 Å². The first-order valence-corrected chi connectivity index (χ1v) is 8.98. The van der Waals surface area contributed by atoms with E-state index in [0.29, 0.717) is 19.6 Å². The van der Waals surface area contributed by atoms with Crippen LogP contribution in [-0.4, -0.2) is 46.3 Å². The lowest BCUT2D eigenvalue weighted by molar-refractivity contribution is -0.127. The van der Waals surface area contributed by atoms with Gasteiger partial charge in [0.1, 0.15) is 6.04 Å². The molecule has 7 heteroatoms. The molecular weight excluding hydrogens is 330 g/mol. The molecule has 1 aliphatic heterocycles. The Balaban J connectivity index is 2.01. The predicted octanol–water partition coefficient (Wildman–Crippen LogP) is 2.08. The van der Waals surface area contributed by atoms with Crippen LogP contribution in [-0.2, 0) is 4.79 Å². The smallest absolute Gasteiger partial charge is 0.318 e. The SMILES string of the molecule is CCCNC(=O)N1CCNC(=O)[C@H]1c1c(C)nn(-c2ccccc2)c1C. The molecule has 138 valence electrons. The van der Waals surface area contributed by atoms with E-state index in [4.69, 9.17) is 0 Å². The van der Waals surface area contributed by atoms with Gasteiger partial charge in [0.2, 0.25) is 5.91 Å². The van der Waals surface area contributed by atoms with Crippen molar-refractivity contribution in [2.45, 2.75) is 33.2 Å². The molecule has 0 radical (unpaired) electrons. The van der Waals surface area contributed by atoms with Crippen molar-refractivity contribution >= 4 is 11.9 Å². The lowest BCUT2D eigenvalue weighted by atomic mass is 10.0. The second-order valence-corrected chi connectivity index (χ2v) is 6.45. The lowest BCUT2D eigenvalue weighted by Crippen LogP contribution is -2.55. The van der Waals surface area contributed by atoms with E-state index >= 15 is 0 Å². The van der Waals surface area contributed by atoms with Crippen LogP contribution in [0.15, 0.2) is 30.3 Å². The van der Waals surface area contributed by atoms with Gasteiger partial charge in [-0.05, 0) is 32.4 Å². The van der Waals surface area contributed by atoms with Crippen LogP contribution < -0.4 is 10.6 Å². The van der Waals surface area contributed by atoms with Gasteiger partial charge in [-0.1, -0.05) is 25.1 Å². The molecule has 0 aliphatic carbocycles. The third kappa shape index (κ3) is 3.29. The van der Waals surface area contributed by atoms with Gasteiger partial charge in [0.05, 0.1) is 11.4 Å². The minimum Gasteiger partial charge on any atom is -0.352 e. The molecule has 1 saturated heterocycles. The molecule has 1 aromatic heterocycles. The molecule has 3 amide bonds. The molecule has 2 N–H and O–H groups in total. The Kier molecular flexibility index (Phi) is 5.25. The van der Waals surface area contributed by atoms with E-state index in [1.807, 2.05) is 55.8 Å². The molecule has 0 bridgehead atoms. The fraction of sp³-hybridized carbons (Fsp3) is 0.421. The molecule has 3 rings (SSSR count). The zero-order valence-corrected chi connectivity index (χ0v) is 15.5. The third-order valence-corrected chi connectivity index (χ3v) is 4.62. The molecule has 1 atom stereocenters. The van der Waals surface area contributed by atoms with E-state index in [2.05, 4.69) is 15.7 Å². The molecule has 1 fully saturated rings.